The molecular formula is C30H30N4O4. The summed E-state index contributed by atoms with van der Waals surface area (Å²) in [6, 6.07) is 12.2. The van der Waals surface area contributed by atoms with E-state index in [9.17, 15) is 14.7 Å². The highest BCUT2D eigenvalue weighted by Gasteiger charge is 2.35. The Labute approximate surface area is 219 Å². The molecule has 0 radical (unpaired) electrons. The highest BCUT2D eigenvalue weighted by Crippen LogP contribution is 2.44. The van der Waals surface area contributed by atoms with Crippen LogP contribution in [0.15, 0.2) is 42.6 Å². The molecule has 2 aliphatic rings. The van der Waals surface area contributed by atoms with E-state index in [0.717, 1.165) is 94.7 Å². The Balaban J connectivity index is 1.51. The molecule has 7 rings (SSSR count). The smallest absolute Gasteiger partial charge is 0.259 e. The second-order valence-electron chi connectivity index (χ2n) is 10.6. The van der Waals surface area contributed by atoms with Crippen LogP contribution in [-0.4, -0.2) is 63.8 Å². The molecule has 1 saturated heterocycles. The SMILES string of the molecule is COc1ccc2c3c4c(c5c(ccc6ccn(C)c65)c3n(CCCN3CCC(O)CC3)c2c1)C(=O)NC4=O. The highest BCUT2D eigenvalue weighted by molar-refractivity contribution is 6.39. The van der Waals surface area contributed by atoms with Gasteiger partial charge in [0.25, 0.3) is 11.8 Å². The molecule has 38 heavy (non-hydrogen) atoms. The molecule has 1 fully saturated rings. The van der Waals surface area contributed by atoms with Crippen molar-refractivity contribution >= 4 is 55.3 Å². The molecule has 3 aromatic carbocycles. The first kappa shape index (κ1) is 23.3. The number of ether oxygens (including phenoxy) is 1. The van der Waals surface area contributed by atoms with Crippen molar-refractivity contribution < 1.29 is 19.4 Å². The Morgan fingerprint density at radius 3 is 2.39 bits per heavy atom. The highest BCUT2D eigenvalue weighted by atomic mass is 16.5. The van der Waals surface area contributed by atoms with Gasteiger partial charge in [-0.1, -0.05) is 12.1 Å². The Kier molecular flexibility index (Phi) is 5.25. The standard InChI is InChI=1S/C30H30N4O4/c1-32-13-8-17-4-6-21-24(27(17)32)26-25(29(36)31-30(26)37)23-20-7-5-19(38-2)16-22(20)34(28(21)23)12-3-11-33-14-9-18(35)10-15-33/h4-8,13,16,18,35H,3,9-12,14-15H2,1-2H3,(H,31,36,37). The molecule has 4 heterocycles. The molecule has 0 spiro atoms. The molecule has 0 aliphatic carbocycles. The van der Waals surface area contributed by atoms with Crippen LogP contribution in [0.2, 0.25) is 0 Å². The molecule has 2 aromatic heterocycles. The summed E-state index contributed by atoms with van der Waals surface area (Å²) in [6.45, 7) is 3.50. The zero-order valence-corrected chi connectivity index (χ0v) is 21.6. The van der Waals surface area contributed by atoms with Crippen LogP contribution in [0.5, 0.6) is 5.75 Å². The molecule has 8 heteroatoms. The molecule has 2 N–H and O–H groups in total. The summed E-state index contributed by atoms with van der Waals surface area (Å²) in [7, 11) is 3.63. The second-order valence-corrected chi connectivity index (χ2v) is 10.6. The lowest BCUT2D eigenvalue weighted by atomic mass is 9.93. The van der Waals surface area contributed by atoms with Gasteiger partial charge < -0.3 is 23.9 Å². The number of hydrogen-bond acceptors (Lipinski definition) is 5. The van der Waals surface area contributed by atoms with Gasteiger partial charge in [-0.3, -0.25) is 14.9 Å². The monoisotopic (exact) mass is 510 g/mol. The first-order valence-corrected chi connectivity index (χ1v) is 13.3. The van der Waals surface area contributed by atoms with Gasteiger partial charge in [-0.2, -0.15) is 0 Å². The summed E-state index contributed by atoms with van der Waals surface area (Å²) in [5.74, 6) is 0.0648. The predicted octanol–water partition coefficient (Wildman–Crippen LogP) is 4.18. The first-order valence-electron chi connectivity index (χ1n) is 13.3. The van der Waals surface area contributed by atoms with Crippen LogP contribution in [0.25, 0.3) is 43.5 Å². The summed E-state index contributed by atoms with van der Waals surface area (Å²) in [6.07, 6.45) is 4.36. The number of rotatable bonds is 5. The summed E-state index contributed by atoms with van der Waals surface area (Å²) in [5.41, 5.74) is 3.84. The number of carbonyl (C=O) groups is 2. The van der Waals surface area contributed by atoms with E-state index >= 15 is 0 Å². The van der Waals surface area contributed by atoms with E-state index in [1.165, 1.54) is 0 Å². The van der Waals surface area contributed by atoms with Gasteiger partial charge in [-0.15, -0.1) is 0 Å². The molecule has 2 aliphatic heterocycles. The summed E-state index contributed by atoms with van der Waals surface area (Å²) >= 11 is 0. The van der Waals surface area contributed by atoms with Crippen LogP contribution in [0.3, 0.4) is 0 Å². The third-order valence-electron chi connectivity index (χ3n) is 8.41. The number of amides is 2. The number of piperidine rings is 1. The average Bonchev–Trinajstić information content (AvgIpc) is 3.56. The third kappa shape index (κ3) is 3.30. The fourth-order valence-electron chi connectivity index (χ4n) is 6.59. The zero-order chi connectivity index (χ0) is 26.1. The fourth-order valence-corrected chi connectivity index (χ4v) is 6.59. The van der Waals surface area contributed by atoms with Gasteiger partial charge in [-0.05, 0) is 44.0 Å². The van der Waals surface area contributed by atoms with E-state index in [1.54, 1.807) is 7.11 Å². The largest absolute Gasteiger partial charge is 0.497 e. The maximum absolute atomic E-state index is 13.3. The van der Waals surface area contributed by atoms with Crippen molar-refractivity contribution in [2.24, 2.45) is 7.05 Å². The predicted molar refractivity (Wildman–Crippen MR) is 148 cm³/mol. The van der Waals surface area contributed by atoms with Crippen molar-refractivity contribution in [1.29, 1.82) is 0 Å². The lowest BCUT2D eigenvalue weighted by Gasteiger charge is -2.29. The minimum absolute atomic E-state index is 0.187. The van der Waals surface area contributed by atoms with Crippen LogP contribution < -0.4 is 10.1 Å². The Morgan fingerprint density at radius 1 is 0.947 bits per heavy atom. The quantitative estimate of drug-likeness (QED) is 0.347. The molecule has 0 bridgehead atoms. The number of aliphatic hydroxyl groups is 1. The summed E-state index contributed by atoms with van der Waals surface area (Å²) in [4.78, 5) is 29.0. The molecular weight excluding hydrogens is 480 g/mol. The van der Waals surface area contributed by atoms with Gasteiger partial charge in [0.2, 0.25) is 0 Å². The van der Waals surface area contributed by atoms with Crippen molar-refractivity contribution in [3.05, 3.63) is 53.7 Å². The fraction of sp³-hybridized carbons (Fsp3) is 0.333. The van der Waals surface area contributed by atoms with Crippen molar-refractivity contribution in [2.45, 2.75) is 31.9 Å². The minimum Gasteiger partial charge on any atom is -0.497 e. The van der Waals surface area contributed by atoms with Gasteiger partial charge in [0, 0.05) is 65.9 Å². The van der Waals surface area contributed by atoms with Gasteiger partial charge in [0.1, 0.15) is 5.75 Å². The van der Waals surface area contributed by atoms with Crippen molar-refractivity contribution in [3.8, 4) is 5.75 Å². The number of aromatic nitrogens is 2. The molecule has 5 aromatic rings. The Hall–Kier alpha value is -3.88. The van der Waals surface area contributed by atoms with Gasteiger partial charge in [-0.25, -0.2) is 0 Å². The maximum Gasteiger partial charge on any atom is 0.259 e. The van der Waals surface area contributed by atoms with Crippen LogP contribution in [-0.2, 0) is 13.6 Å². The molecule has 0 saturated carbocycles. The first-order chi connectivity index (χ1) is 18.5. The van der Waals surface area contributed by atoms with Gasteiger partial charge >= 0.3 is 0 Å². The number of likely N-dealkylation sites (tertiary alicyclic amines) is 1. The molecule has 0 unspecified atom stereocenters. The van der Waals surface area contributed by atoms with E-state index in [1.807, 2.05) is 42.1 Å². The molecule has 2 amide bonds. The summed E-state index contributed by atoms with van der Waals surface area (Å²) < 4.78 is 9.92. The minimum atomic E-state index is -0.343. The number of aliphatic hydroxyl groups excluding tert-OH is 1. The lowest BCUT2D eigenvalue weighted by molar-refractivity contribution is 0.0815. The van der Waals surface area contributed by atoms with E-state index < -0.39 is 0 Å². The summed E-state index contributed by atoms with van der Waals surface area (Å²) in [5, 5.41) is 17.0. The number of nitrogens with zero attached hydrogens (tertiary/aromatic N) is 3. The van der Waals surface area contributed by atoms with Crippen molar-refractivity contribution in [3.63, 3.8) is 0 Å². The van der Waals surface area contributed by atoms with E-state index in [4.69, 9.17) is 4.74 Å². The van der Waals surface area contributed by atoms with Crippen molar-refractivity contribution in [1.82, 2.24) is 19.4 Å². The van der Waals surface area contributed by atoms with Crippen LogP contribution in [0, 0.1) is 0 Å². The van der Waals surface area contributed by atoms with Crippen LogP contribution in [0.4, 0.5) is 0 Å². The zero-order valence-electron chi connectivity index (χ0n) is 21.6. The normalized spacial score (nSPS) is 16.8. The number of imide groups is 1. The number of aryl methyl sites for hydroxylation is 2. The number of carbonyl (C=O) groups excluding carboxylic acids is 2. The number of fused-ring (bicyclic) bond motifs is 10. The van der Waals surface area contributed by atoms with E-state index in [0.29, 0.717) is 11.1 Å². The second kappa shape index (κ2) is 8.58. The Bertz CT molecular complexity index is 1790. The molecule has 0 atom stereocenters. The van der Waals surface area contributed by atoms with Crippen LogP contribution >= 0.6 is 0 Å². The Morgan fingerprint density at radius 2 is 1.66 bits per heavy atom. The topological polar surface area (TPSA) is 88.7 Å². The van der Waals surface area contributed by atoms with E-state index in [-0.39, 0.29) is 17.9 Å². The number of nitrogens with one attached hydrogen (secondary N) is 1. The molecule has 8 nitrogen and oxygen atoms in total. The number of benzene rings is 3. The number of hydrogen-bond donors (Lipinski definition) is 2. The molecule has 194 valence electrons. The lowest BCUT2D eigenvalue weighted by Crippen LogP contribution is -2.36. The van der Waals surface area contributed by atoms with E-state index in [2.05, 4.69) is 26.9 Å². The average molecular weight is 511 g/mol. The maximum atomic E-state index is 13.3. The van der Waals surface area contributed by atoms with Gasteiger partial charge in [0.05, 0.1) is 40.9 Å². The van der Waals surface area contributed by atoms with Crippen molar-refractivity contribution in [2.75, 3.05) is 26.7 Å². The third-order valence-corrected chi connectivity index (χ3v) is 8.41. The van der Waals surface area contributed by atoms with Crippen LogP contribution in [0.1, 0.15) is 40.0 Å². The number of methoxy groups -OCH3 is 1. The van der Waals surface area contributed by atoms with Gasteiger partial charge in [0.15, 0.2) is 0 Å².